The lowest BCUT2D eigenvalue weighted by Crippen LogP contribution is -1.90. The molecule has 0 saturated heterocycles. The van der Waals surface area contributed by atoms with Crippen LogP contribution in [0.3, 0.4) is 0 Å². The third kappa shape index (κ3) is 2.70. The molecule has 1 aromatic carbocycles. The van der Waals surface area contributed by atoms with Gasteiger partial charge >= 0.3 is 0 Å². The molecule has 102 valence electrons. The first-order valence-corrected chi connectivity index (χ1v) is 7.08. The SMILES string of the molecule is CCOc1ccc2nc(Sc3ccnc(N)c3)[nH]c2c1. The van der Waals surface area contributed by atoms with Crippen LogP contribution in [-0.4, -0.2) is 21.6 Å². The number of anilines is 1. The molecule has 2 aromatic heterocycles. The molecule has 0 unspecified atom stereocenters. The Hall–Kier alpha value is -2.21. The van der Waals surface area contributed by atoms with Gasteiger partial charge in [-0.2, -0.15) is 0 Å². The Kier molecular flexibility index (Phi) is 3.47. The van der Waals surface area contributed by atoms with Gasteiger partial charge < -0.3 is 15.5 Å². The first-order valence-electron chi connectivity index (χ1n) is 6.26. The van der Waals surface area contributed by atoms with Crippen molar-refractivity contribution in [1.82, 2.24) is 15.0 Å². The summed E-state index contributed by atoms with van der Waals surface area (Å²) in [5.74, 6) is 1.35. The van der Waals surface area contributed by atoms with Crippen LogP contribution < -0.4 is 10.5 Å². The number of ether oxygens (including phenoxy) is 1. The predicted octanol–water partition coefficient (Wildman–Crippen LogP) is 3.09. The van der Waals surface area contributed by atoms with Crippen molar-refractivity contribution in [3.63, 3.8) is 0 Å². The van der Waals surface area contributed by atoms with Gasteiger partial charge in [-0.05, 0) is 31.2 Å². The van der Waals surface area contributed by atoms with Gasteiger partial charge in [0.15, 0.2) is 5.16 Å². The number of nitrogens with one attached hydrogen (secondary N) is 1. The van der Waals surface area contributed by atoms with Crippen LogP contribution in [-0.2, 0) is 0 Å². The summed E-state index contributed by atoms with van der Waals surface area (Å²) in [4.78, 5) is 12.8. The minimum atomic E-state index is 0.504. The number of nitrogens with zero attached hydrogens (tertiary/aromatic N) is 2. The maximum absolute atomic E-state index is 5.67. The van der Waals surface area contributed by atoms with Crippen LogP contribution in [0.4, 0.5) is 5.82 Å². The van der Waals surface area contributed by atoms with Crippen molar-refractivity contribution in [2.45, 2.75) is 17.0 Å². The van der Waals surface area contributed by atoms with Crippen molar-refractivity contribution in [2.75, 3.05) is 12.3 Å². The molecule has 0 aliphatic rings. The fourth-order valence-electron chi connectivity index (χ4n) is 1.87. The van der Waals surface area contributed by atoms with Crippen molar-refractivity contribution in [3.05, 3.63) is 36.5 Å². The van der Waals surface area contributed by atoms with E-state index in [0.29, 0.717) is 12.4 Å². The molecular formula is C14H14N4OS. The number of imidazole rings is 1. The largest absolute Gasteiger partial charge is 0.494 e. The summed E-state index contributed by atoms with van der Waals surface area (Å²) in [6.07, 6.45) is 1.69. The zero-order valence-electron chi connectivity index (χ0n) is 11.0. The highest BCUT2D eigenvalue weighted by Gasteiger charge is 2.06. The Balaban J connectivity index is 1.89. The standard InChI is InChI=1S/C14H14N4OS/c1-2-19-9-3-4-11-12(7-9)18-14(17-11)20-10-5-6-16-13(15)8-10/h3-8H,2H2,1H3,(H2,15,16)(H,17,18). The molecule has 0 aliphatic carbocycles. The van der Waals surface area contributed by atoms with Crippen LogP contribution in [0.15, 0.2) is 46.6 Å². The van der Waals surface area contributed by atoms with Gasteiger partial charge in [-0.25, -0.2) is 9.97 Å². The minimum Gasteiger partial charge on any atom is -0.494 e. The fraction of sp³-hybridized carbons (Fsp3) is 0.143. The molecule has 6 heteroatoms. The van der Waals surface area contributed by atoms with E-state index in [1.54, 1.807) is 6.20 Å². The number of aromatic nitrogens is 3. The second kappa shape index (κ2) is 5.42. The van der Waals surface area contributed by atoms with E-state index < -0.39 is 0 Å². The fourth-order valence-corrected chi connectivity index (χ4v) is 2.71. The van der Waals surface area contributed by atoms with Crippen molar-refractivity contribution in [2.24, 2.45) is 0 Å². The number of hydrogen-bond donors (Lipinski definition) is 2. The van der Waals surface area contributed by atoms with Crippen molar-refractivity contribution < 1.29 is 4.74 Å². The van der Waals surface area contributed by atoms with Gasteiger partial charge in [-0.1, -0.05) is 11.8 Å². The average molecular weight is 286 g/mol. The highest BCUT2D eigenvalue weighted by Crippen LogP contribution is 2.28. The first-order chi connectivity index (χ1) is 9.74. The van der Waals surface area contributed by atoms with E-state index in [2.05, 4.69) is 15.0 Å². The minimum absolute atomic E-state index is 0.504. The zero-order chi connectivity index (χ0) is 13.9. The Labute approximate surface area is 120 Å². The number of fused-ring (bicyclic) bond motifs is 1. The lowest BCUT2D eigenvalue weighted by Gasteiger charge is -2.00. The number of rotatable bonds is 4. The lowest BCUT2D eigenvalue weighted by molar-refractivity contribution is 0.340. The molecule has 0 aliphatic heterocycles. The molecule has 0 amide bonds. The molecule has 0 bridgehead atoms. The van der Waals surface area contributed by atoms with Gasteiger partial charge in [0, 0.05) is 17.2 Å². The van der Waals surface area contributed by atoms with Crippen molar-refractivity contribution in [1.29, 1.82) is 0 Å². The van der Waals surface area contributed by atoms with E-state index in [-0.39, 0.29) is 0 Å². The van der Waals surface area contributed by atoms with E-state index >= 15 is 0 Å². The van der Waals surface area contributed by atoms with E-state index in [1.165, 1.54) is 11.8 Å². The molecule has 20 heavy (non-hydrogen) atoms. The van der Waals surface area contributed by atoms with Crippen LogP contribution in [0.25, 0.3) is 11.0 Å². The smallest absolute Gasteiger partial charge is 0.171 e. The number of aromatic amines is 1. The number of H-pyrrole nitrogens is 1. The summed E-state index contributed by atoms with van der Waals surface area (Å²) in [6.45, 7) is 2.61. The second-order valence-electron chi connectivity index (χ2n) is 4.17. The van der Waals surface area contributed by atoms with E-state index in [0.717, 1.165) is 26.8 Å². The summed E-state index contributed by atoms with van der Waals surface area (Å²) < 4.78 is 5.48. The van der Waals surface area contributed by atoms with Gasteiger partial charge in [-0.15, -0.1) is 0 Å². The maximum atomic E-state index is 5.67. The Bertz CT molecular complexity index is 741. The summed E-state index contributed by atoms with van der Waals surface area (Å²) in [7, 11) is 0. The highest BCUT2D eigenvalue weighted by atomic mass is 32.2. The molecule has 3 N–H and O–H groups in total. The van der Waals surface area contributed by atoms with Crippen LogP contribution in [0, 0.1) is 0 Å². The summed E-state index contributed by atoms with van der Waals surface area (Å²) in [5, 5.41) is 0.819. The Morgan fingerprint density at radius 3 is 3.00 bits per heavy atom. The monoisotopic (exact) mass is 286 g/mol. The van der Waals surface area contributed by atoms with Gasteiger partial charge in [0.2, 0.25) is 0 Å². The molecule has 0 radical (unpaired) electrons. The van der Waals surface area contributed by atoms with Crippen molar-refractivity contribution >= 4 is 28.6 Å². The van der Waals surface area contributed by atoms with Gasteiger partial charge in [0.05, 0.1) is 17.6 Å². The molecule has 0 atom stereocenters. The molecule has 0 fully saturated rings. The normalized spacial score (nSPS) is 10.8. The van der Waals surface area contributed by atoms with Gasteiger partial charge in [0.25, 0.3) is 0 Å². The van der Waals surface area contributed by atoms with Gasteiger partial charge in [-0.3, -0.25) is 0 Å². The molecule has 0 saturated carbocycles. The number of nitrogen functional groups attached to an aromatic ring is 1. The Morgan fingerprint density at radius 2 is 2.20 bits per heavy atom. The van der Waals surface area contributed by atoms with E-state index in [4.69, 9.17) is 10.5 Å². The molecule has 2 heterocycles. The molecule has 0 spiro atoms. The first kappa shape index (κ1) is 12.8. The number of benzene rings is 1. The van der Waals surface area contributed by atoms with E-state index in [1.807, 2.05) is 37.3 Å². The summed E-state index contributed by atoms with van der Waals surface area (Å²) in [5.41, 5.74) is 7.54. The van der Waals surface area contributed by atoms with Crippen LogP contribution >= 0.6 is 11.8 Å². The molecular weight excluding hydrogens is 272 g/mol. The average Bonchev–Trinajstić information content (AvgIpc) is 2.80. The number of hydrogen-bond acceptors (Lipinski definition) is 5. The molecule has 3 aromatic rings. The number of pyridine rings is 1. The Morgan fingerprint density at radius 1 is 1.30 bits per heavy atom. The van der Waals surface area contributed by atoms with Crippen LogP contribution in [0.2, 0.25) is 0 Å². The lowest BCUT2D eigenvalue weighted by atomic mass is 10.3. The maximum Gasteiger partial charge on any atom is 0.171 e. The van der Waals surface area contributed by atoms with Crippen LogP contribution in [0.5, 0.6) is 5.75 Å². The summed E-state index contributed by atoms with van der Waals surface area (Å²) in [6, 6.07) is 9.55. The highest BCUT2D eigenvalue weighted by molar-refractivity contribution is 7.99. The molecule has 3 rings (SSSR count). The van der Waals surface area contributed by atoms with Crippen molar-refractivity contribution in [3.8, 4) is 5.75 Å². The predicted molar refractivity (Wildman–Crippen MR) is 80.0 cm³/mol. The quantitative estimate of drug-likeness (QED) is 0.770. The zero-order valence-corrected chi connectivity index (χ0v) is 11.8. The van der Waals surface area contributed by atoms with E-state index in [9.17, 15) is 0 Å². The third-order valence-electron chi connectivity index (χ3n) is 2.71. The number of nitrogens with two attached hydrogens (primary N) is 1. The third-order valence-corrected chi connectivity index (χ3v) is 3.59. The van der Waals surface area contributed by atoms with Crippen LogP contribution in [0.1, 0.15) is 6.92 Å². The molecule has 5 nitrogen and oxygen atoms in total. The summed E-state index contributed by atoms with van der Waals surface area (Å²) >= 11 is 1.52. The second-order valence-corrected chi connectivity index (χ2v) is 5.23. The van der Waals surface area contributed by atoms with Gasteiger partial charge in [0.1, 0.15) is 11.6 Å². The topological polar surface area (TPSA) is 76.8 Å².